The van der Waals surface area contributed by atoms with Crippen LogP contribution in [0.1, 0.15) is 104 Å². The minimum absolute atomic E-state index is 0.746. The molecule has 0 aliphatic heterocycles. The molecule has 0 rings (SSSR count). The van der Waals surface area contributed by atoms with Crippen molar-refractivity contribution in [3.8, 4) is 0 Å². The third-order valence-electron chi connectivity index (χ3n) is 4.24. The second-order valence-corrected chi connectivity index (χ2v) is 6.52. The summed E-state index contributed by atoms with van der Waals surface area (Å²) in [7, 11) is 0. The maximum absolute atomic E-state index is 10.2. The van der Waals surface area contributed by atoms with Crippen molar-refractivity contribution in [2.24, 2.45) is 5.92 Å². The summed E-state index contributed by atoms with van der Waals surface area (Å²) in [4.78, 5) is 10.2. The molecular weight excluding hydrogens is 256 g/mol. The van der Waals surface area contributed by atoms with Crippen LogP contribution in [0.4, 0.5) is 0 Å². The van der Waals surface area contributed by atoms with Gasteiger partial charge in [0.2, 0.25) is 0 Å². The fourth-order valence-electron chi connectivity index (χ4n) is 2.70. The van der Waals surface area contributed by atoms with Gasteiger partial charge in [0.15, 0.2) is 0 Å². The minimum atomic E-state index is 0.746. The van der Waals surface area contributed by atoms with Crippen molar-refractivity contribution in [3.05, 3.63) is 12.2 Å². The summed E-state index contributed by atoms with van der Waals surface area (Å²) in [6, 6.07) is 0. The van der Waals surface area contributed by atoms with Crippen LogP contribution in [0.15, 0.2) is 12.2 Å². The molecule has 1 heteroatoms. The van der Waals surface area contributed by atoms with Gasteiger partial charge in [-0.3, -0.25) is 0 Å². The van der Waals surface area contributed by atoms with E-state index in [4.69, 9.17) is 0 Å². The summed E-state index contributed by atoms with van der Waals surface area (Å²) >= 11 is 0. The predicted molar refractivity (Wildman–Crippen MR) is 94.7 cm³/mol. The van der Waals surface area contributed by atoms with Crippen molar-refractivity contribution in [2.45, 2.75) is 104 Å². The van der Waals surface area contributed by atoms with E-state index in [1.165, 1.54) is 77.0 Å². The summed E-state index contributed by atoms with van der Waals surface area (Å²) in [5.41, 5.74) is 0. The zero-order chi connectivity index (χ0) is 15.6. The Bertz CT molecular complexity index is 232. The first-order valence-corrected chi connectivity index (χ1v) is 9.39. The monoisotopic (exact) mass is 294 g/mol. The Labute approximate surface area is 133 Å². The Hall–Kier alpha value is -0.590. The fraction of sp³-hybridized carbons (Fsp3) is 0.850. The molecule has 0 spiro atoms. The van der Waals surface area contributed by atoms with Gasteiger partial charge >= 0.3 is 0 Å². The van der Waals surface area contributed by atoms with E-state index >= 15 is 0 Å². The van der Waals surface area contributed by atoms with E-state index in [1.54, 1.807) is 0 Å². The highest BCUT2D eigenvalue weighted by Crippen LogP contribution is 2.16. The number of aldehydes is 1. The average Bonchev–Trinajstić information content (AvgIpc) is 2.49. The molecule has 0 radical (unpaired) electrons. The molecule has 0 saturated heterocycles. The van der Waals surface area contributed by atoms with Crippen molar-refractivity contribution < 1.29 is 4.79 Å². The van der Waals surface area contributed by atoms with E-state index in [9.17, 15) is 4.79 Å². The summed E-state index contributed by atoms with van der Waals surface area (Å²) in [6.07, 6.45) is 23.7. The van der Waals surface area contributed by atoms with Crippen LogP contribution < -0.4 is 0 Å². The lowest BCUT2D eigenvalue weighted by Gasteiger charge is -2.09. The predicted octanol–water partition coefficient (Wildman–Crippen LogP) is 6.86. The van der Waals surface area contributed by atoms with Crippen LogP contribution in [0.5, 0.6) is 0 Å². The molecule has 0 aromatic heterocycles. The third-order valence-corrected chi connectivity index (χ3v) is 4.24. The van der Waals surface area contributed by atoms with E-state index in [0.29, 0.717) is 0 Å². The Kier molecular flexibility index (Phi) is 17.0. The van der Waals surface area contributed by atoms with Crippen LogP contribution in [0.2, 0.25) is 0 Å². The highest BCUT2D eigenvalue weighted by molar-refractivity contribution is 5.48. The number of allylic oxidation sites excluding steroid dienone is 2. The molecule has 0 heterocycles. The van der Waals surface area contributed by atoms with E-state index in [1.807, 2.05) is 0 Å². The van der Waals surface area contributed by atoms with Crippen LogP contribution >= 0.6 is 0 Å². The summed E-state index contributed by atoms with van der Waals surface area (Å²) in [5, 5.41) is 0. The van der Waals surface area contributed by atoms with Crippen LogP contribution in [-0.4, -0.2) is 6.29 Å². The van der Waals surface area contributed by atoms with Gasteiger partial charge in [0.25, 0.3) is 0 Å². The Morgan fingerprint density at radius 2 is 1.33 bits per heavy atom. The lowest BCUT2D eigenvalue weighted by atomic mass is 9.97. The highest BCUT2D eigenvalue weighted by atomic mass is 16.1. The second kappa shape index (κ2) is 17.5. The standard InChI is InChI=1S/C20H38O/c1-3-4-5-6-7-8-9-10-11-14-17-20(2)18-15-12-13-16-19-21/h10-11,19-20H,3-9,12-18H2,1-2H3/b11-10-/t20-/m1/s1. The Morgan fingerprint density at radius 3 is 2.10 bits per heavy atom. The zero-order valence-corrected chi connectivity index (χ0v) is 14.6. The summed E-state index contributed by atoms with van der Waals surface area (Å²) in [5.74, 6) is 0.833. The molecule has 0 saturated carbocycles. The van der Waals surface area contributed by atoms with Gasteiger partial charge in [-0.25, -0.2) is 0 Å². The first-order valence-electron chi connectivity index (χ1n) is 9.39. The maximum Gasteiger partial charge on any atom is 0.119 e. The van der Waals surface area contributed by atoms with Crippen molar-refractivity contribution in [2.75, 3.05) is 0 Å². The van der Waals surface area contributed by atoms with Gasteiger partial charge in [-0.1, -0.05) is 77.4 Å². The minimum Gasteiger partial charge on any atom is -0.303 e. The second-order valence-electron chi connectivity index (χ2n) is 6.52. The Morgan fingerprint density at radius 1 is 0.714 bits per heavy atom. The highest BCUT2D eigenvalue weighted by Gasteiger charge is 2.00. The molecule has 0 bridgehead atoms. The van der Waals surface area contributed by atoms with Gasteiger partial charge in [-0.05, 0) is 38.0 Å². The zero-order valence-electron chi connectivity index (χ0n) is 14.6. The quantitative estimate of drug-likeness (QED) is 0.173. The van der Waals surface area contributed by atoms with Gasteiger partial charge in [-0.15, -0.1) is 0 Å². The lowest BCUT2D eigenvalue weighted by molar-refractivity contribution is -0.107. The first-order chi connectivity index (χ1) is 10.3. The lowest BCUT2D eigenvalue weighted by Crippen LogP contribution is -1.94. The van der Waals surface area contributed by atoms with Crippen LogP contribution in [-0.2, 0) is 4.79 Å². The largest absolute Gasteiger partial charge is 0.303 e. The maximum atomic E-state index is 10.2. The molecule has 0 unspecified atom stereocenters. The van der Waals surface area contributed by atoms with Gasteiger partial charge in [0, 0.05) is 6.42 Å². The molecule has 124 valence electrons. The molecule has 0 N–H and O–H groups in total. The number of carbonyl (C=O) groups excluding carboxylic acids is 1. The van der Waals surface area contributed by atoms with E-state index in [-0.39, 0.29) is 0 Å². The van der Waals surface area contributed by atoms with Gasteiger partial charge < -0.3 is 4.79 Å². The van der Waals surface area contributed by atoms with Crippen molar-refractivity contribution >= 4 is 6.29 Å². The molecule has 21 heavy (non-hydrogen) atoms. The molecule has 0 fully saturated rings. The molecule has 1 atom stereocenters. The van der Waals surface area contributed by atoms with E-state index in [2.05, 4.69) is 26.0 Å². The van der Waals surface area contributed by atoms with E-state index in [0.717, 1.165) is 25.0 Å². The average molecular weight is 295 g/mol. The number of rotatable bonds is 16. The van der Waals surface area contributed by atoms with Gasteiger partial charge in [-0.2, -0.15) is 0 Å². The van der Waals surface area contributed by atoms with Crippen molar-refractivity contribution in [3.63, 3.8) is 0 Å². The molecule has 1 nitrogen and oxygen atoms in total. The SMILES string of the molecule is CCCCCCCC/C=C\CC[C@@H](C)CCCCCC=O. The van der Waals surface area contributed by atoms with Crippen molar-refractivity contribution in [1.29, 1.82) is 0 Å². The van der Waals surface area contributed by atoms with Crippen LogP contribution in [0, 0.1) is 5.92 Å². The number of carbonyl (C=O) groups is 1. The summed E-state index contributed by atoms with van der Waals surface area (Å²) < 4.78 is 0. The molecule has 0 aromatic rings. The topological polar surface area (TPSA) is 17.1 Å². The number of hydrogen-bond donors (Lipinski definition) is 0. The molecule has 0 aliphatic rings. The molecule has 0 aliphatic carbocycles. The first kappa shape index (κ1) is 20.4. The van der Waals surface area contributed by atoms with Gasteiger partial charge in [0.1, 0.15) is 6.29 Å². The number of unbranched alkanes of at least 4 members (excludes halogenated alkanes) is 9. The normalized spacial score (nSPS) is 12.9. The third kappa shape index (κ3) is 17.4. The molecular formula is C20H38O. The smallest absolute Gasteiger partial charge is 0.119 e. The summed E-state index contributed by atoms with van der Waals surface area (Å²) in [6.45, 7) is 4.64. The van der Waals surface area contributed by atoms with E-state index < -0.39 is 0 Å². The number of hydrogen-bond acceptors (Lipinski definition) is 1. The van der Waals surface area contributed by atoms with Crippen LogP contribution in [0.3, 0.4) is 0 Å². The fourth-order valence-corrected chi connectivity index (χ4v) is 2.70. The molecule has 0 aromatic carbocycles. The van der Waals surface area contributed by atoms with Gasteiger partial charge in [0.05, 0.1) is 0 Å². The van der Waals surface area contributed by atoms with Crippen LogP contribution in [0.25, 0.3) is 0 Å². The Balaban J connectivity index is 3.24. The van der Waals surface area contributed by atoms with Crippen molar-refractivity contribution in [1.82, 2.24) is 0 Å². The molecule has 0 amide bonds.